The van der Waals surface area contributed by atoms with E-state index >= 15 is 0 Å². The fourth-order valence-electron chi connectivity index (χ4n) is 1.06. The second-order valence-electron chi connectivity index (χ2n) is 3.16. The van der Waals surface area contributed by atoms with E-state index in [4.69, 9.17) is 4.74 Å². The molecule has 0 fully saturated rings. The van der Waals surface area contributed by atoms with Gasteiger partial charge in [-0.15, -0.1) is 0 Å². The van der Waals surface area contributed by atoms with Crippen molar-refractivity contribution in [2.45, 2.75) is 20.8 Å². The lowest BCUT2D eigenvalue weighted by Gasteiger charge is -2.18. The average molecular weight is 173 g/mol. The maximum Gasteiger partial charge on any atom is 0.310 e. The number of hydrogen-bond acceptors (Lipinski definition) is 3. The predicted octanol–water partition coefficient (Wildman–Crippen LogP) is 1.04. The fourth-order valence-corrected chi connectivity index (χ4v) is 1.06. The minimum atomic E-state index is -0.0955. The smallest absolute Gasteiger partial charge is 0.310 e. The Morgan fingerprint density at radius 1 is 1.50 bits per heavy atom. The first-order valence-corrected chi connectivity index (χ1v) is 4.44. The first-order chi connectivity index (χ1) is 5.63. The van der Waals surface area contributed by atoms with E-state index in [1.54, 1.807) is 0 Å². The Hall–Kier alpha value is -0.570. The van der Waals surface area contributed by atoms with E-state index in [0.717, 1.165) is 0 Å². The highest BCUT2D eigenvalue weighted by Gasteiger charge is 2.22. The van der Waals surface area contributed by atoms with Gasteiger partial charge in [0.2, 0.25) is 0 Å². The molecule has 0 spiro atoms. The van der Waals surface area contributed by atoms with Crippen LogP contribution in [0.2, 0.25) is 0 Å². The highest BCUT2D eigenvalue weighted by Crippen LogP contribution is 2.11. The molecule has 0 aliphatic rings. The van der Waals surface area contributed by atoms with E-state index in [1.807, 2.05) is 27.8 Å². The second-order valence-corrected chi connectivity index (χ2v) is 3.16. The molecule has 1 N–H and O–H groups in total. The Morgan fingerprint density at radius 3 is 2.42 bits per heavy atom. The van der Waals surface area contributed by atoms with Gasteiger partial charge in [0, 0.05) is 6.54 Å². The number of esters is 1. The number of carbonyl (C=O) groups excluding carboxylic acids is 1. The minimum Gasteiger partial charge on any atom is -0.466 e. The van der Waals surface area contributed by atoms with Gasteiger partial charge in [-0.05, 0) is 19.9 Å². The number of hydrogen-bond donors (Lipinski definition) is 1. The van der Waals surface area contributed by atoms with Crippen molar-refractivity contribution in [2.75, 3.05) is 20.2 Å². The molecule has 0 radical (unpaired) electrons. The predicted molar refractivity (Wildman–Crippen MR) is 48.9 cm³/mol. The topological polar surface area (TPSA) is 38.3 Å². The molecule has 0 bridgehead atoms. The lowest BCUT2D eigenvalue weighted by Crippen LogP contribution is -2.31. The summed E-state index contributed by atoms with van der Waals surface area (Å²) in [6.45, 7) is 7.04. The van der Waals surface area contributed by atoms with Crippen LogP contribution < -0.4 is 5.32 Å². The standard InChI is InChI=1S/C9H19NO2/c1-5-12-9(11)8(6-10-4)7(2)3/h7-8,10H,5-6H2,1-4H3. The quantitative estimate of drug-likeness (QED) is 0.631. The van der Waals surface area contributed by atoms with Gasteiger partial charge in [-0.25, -0.2) is 0 Å². The third kappa shape index (κ3) is 3.72. The zero-order valence-corrected chi connectivity index (χ0v) is 8.39. The van der Waals surface area contributed by atoms with Crippen molar-refractivity contribution in [3.8, 4) is 0 Å². The van der Waals surface area contributed by atoms with E-state index in [9.17, 15) is 4.79 Å². The van der Waals surface area contributed by atoms with Gasteiger partial charge in [0.05, 0.1) is 12.5 Å². The molecular weight excluding hydrogens is 154 g/mol. The molecule has 0 saturated carbocycles. The molecular formula is C9H19NO2. The fraction of sp³-hybridized carbons (Fsp3) is 0.889. The van der Waals surface area contributed by atoms with Crippen LogP contribution in [0.4, 0.5) is 0 Å². The summed E-state index contributed by atoms with van der Waals surface area (Å²) in [5.74, 6) is 0.216. The van der Waals surface area contributed by atoms with Crippen LogP contribution in [-0.2, 0) is 9.53 Å². The zero-order valence-electron chi connectivity index (χ0n) is 8.39. The third-order valence-corrected chi connectivity index (χ3v) is 1.82. The Labute approximate surface area is 74.5 Å². The van der Waals surface area contributed by atoms with Crippen molar-refractivity contribution in [3.63, 3.8) is 0 Å². The van der Waals surface area contributed by atoms with Crippen molar-refractivity contribution in [1.29, 1.82) is 0 Å². The lowest BCUT2D eigenvalue weighted by molar-refractivity contribution is -0.149. The van der Waals surface area contributed by atoms with Gasteiger partial charge in [0.25, 0.3) is 0 Å². The summed E-state index contributed by atoms with van der Waals surface area (Å²) in [7, 11) is 1.84. The molecule has 3 heteroatoms. The number of nitrogens with one attached hydrogen (secondary N) is 1. The number of carbonyl (C=O) groups is 1. The molecule has 0 aromatic heterocycles. The summed E-state index contributed by atoms with van der Waals surface area (Å²) in [5.41, 5.74) is 0. The first kappa shape index (κ1) is 11.4. The second kappa shape index (κ2) is 6.00. The summed E-state index contributed by atoms with van der Waals surface area (Å²) >= 11 is 0. The molecule has 0 amide bonds. The van der Waals surface area contributed by atoms with Crippen LogP contribution in [0.1, 0.15) is 20.8 Å². The van der Waals surface area contributed by atoms with Gasteiger partial charge in [-0.1, -0.05) is 13.8 Å². The monoisotopic (exact) mass is 173 g/mol. The summed E-state index contributed by atoms with van der Waals surface area (Å²) in [4.78, 5) is 11.3. The van der Waals surface area contributed by atoms with E-state index in [0.29, 0.717) is 19.1 Å². The van der Waals surface area contributed by atoms with E-state index in [2.05, 4.69) is 5.32 Å². The normalized spacial score (nSPS) is 13.1. The molecule has 1 unspecified atom stereocenters. The number of ether oxygens (including phenoxy) is 1. The average Bonchev–Trinajstić information content (AvgIpc) is 1.99. The molecule has 0 aliphatic heterocycles. The van der Waals surface area contributed by atoms with E-state index < -0.39 is 0 Å². The molecule has 0 heterocycles. The van der Waals surface area contributed by atoms with Crippen molar-refractivity contribution in [3.05, 3.63) is 0 Å². The molecule has 0 aromatic rings. The lowest BCUT2D eigenvalue weighted by atomic mass is 9.96. The van der Waals surface area contributed by atoms with Crippen LogP contribution in [-0.4, -0.2) is 26.2 Å². The highest BCUT2D eigenvalue weighted by molar-refractivity contribution is 5.72. The van der Waals surface area contributed by atoms with Gasteiger partial charge in [-0.3, -0.25) is 4.79 Å². The van der Waals surface area contributed by atoms with Crippen molar-refractivity contribution >= 4 is 5.97 Å². The molecule has 12 heavy (non-hydrogen) atoms. The molecule has 0 aliphatic carbocycles. The van der Waals surface area contributed by atoms with Crippen LogP contribution in [0.5, 0.6) is 0 Å². The van der Waals surface area contributed by atoms with Gasteiger partial charge < -0.3 is 10.1 Å². The van der Waals surface area contributed by atoms with E-state index in [1.165, 1.54) is 0 Å². The molecule has 0 aromatic carbocycles. The Kier molecular flexibility index (Phi) is 5.72. The van der Waals surface area contributed by atoms with Crippen LogP contribution in [0.15, 0.2) is 0 Å². The SMILES string of the molecule is CCOC(=O)C(CNC)C(C)C. The first-order valence-electron chi connectivity index (χ1n) is 4.44. The maximum absolute atomic E-state index is 11.3. The van der Waals surface area contributed by atoms with Gasteiger partial charge >= 0.3 is 5.97 Å². The van der Waals surface area contributed by atoms with Gasteiger partial charge in [0.15, 0.2) is 0 Å². The number of rotatable bonds is 5. The Bertz CT molecular complexity index is 134. The largest absolute Gasteiger partial charge is 0.466 e. The minimum absolute atomic E-state index is 0.0186. The highest BCUT2D eigenvalue weighted by atomic mass is 16.5. The molecule has 0 saturated heterocycles. The van der Waals surface area contributed by atoms with Crippen molar-refractivity contribution in [1.82, 2.24) is 5.32 Å². The van der Waals surface area contributed by atoms with Crippen LogP contribution >= 0.6 is 0 Å². The van der Waals surface area contributed by atoms with Crippen LogP contribution in [0, 0.1) is 11.8 Å². The zero-order chi connectivity index (χ0) is 9.56. The summed E-state index contributed by atoms with van der Waals surface area (Å²) in [6, 6.07) is 0. The molecule has 0 rings (SSSR count). The van der Waals surface area contributed by atoms with Crippen LogP contribution in [0.25, 0.3) is 0 Å². The Morgan fingerprint density at radius 2 is 2.08 bits per heavy atom. The van der Waals surface area contributed by atoms with Crippen LogP contribution in [0.3, 0.4) is 0 Å². The summed E-state index contributed by atoms with van der Waals surface area (Å²) in [5, 5.41) is 2.99. The van der Waals surface area contributed by atoms with Gasteiger partial charge in [0.1, 0.15) is 0 Å². The maximum atomic E-state index is 11.3. The molecule has 72 valence electrons. The van der Waals surface area contributed by atoms with E-state index in [-0.39, 0.29) is 11.9 Å². The third-order valence-electron chi connectivity index (χ3n) is 1.82. The summed E-state index contributed by atoms with van der Waals surface area (Å²) in [6.07, 6.45) is 0. The summed E-state index contributed by atoms with van der Waals surface area (Å²) < 4.78 is 4.94. The van der Waals surface area contributed by atoms with Crippen molar-refractivity contribution in [2.24, 2.45) is 11.8 Å². The molecule has 3 nitrogen and oxygen atoms in total. The van der Waals surface area contributed by atoms with Crippen molar-refractivity contribution < 1.29 is 9.53 Å². The van der Waals surface area contributed by atoms with Gasteiger partial charge in [-0.2, -0.15) is 0 Å². The Balaban J connectivity index is 4.00. The molecule has 1 atom stereocenters.